The molecule has 5 rings (SSSR count). The third-order valence-electron chi connectivity index (χ3n) is 4.87. The first-order valence-electron chi connectivity index (χ1n) is 9.29. The van der Waals surface area contributed by atoms with Crippen LogP contribution in [0.1, 0.15) is 0 Å². The Morgan fingerprint density at radius 1 is 0.833 bits per heavy atom. The smallest absolute Gasteiger partial charge is 0.173 e. The highest BCUT2D eigenvalue weighted by Crippen LogP contribution is 2.39. The monoisotopic (exact) mass is 415 g/mol. The molecule has 2 aromatic carbocycles. The summed E-state index contributed by atoms with van der Waals surface area (Å²) in [4.78, 5) is 8.60. The average molecular weight is 415 g/mol. The molecular formula is C24H15F2N3S. The highest BCUT2D eigenvalue weighted by molar-refractivity contribution is 7.08. The van der Waals surface area contributed by atoms with E-state index in [-0.39, 0.29) is 16.9 Å². The molecule has 1 N–H and O–H groups in total. The summed E-state index contributed by atoms with van der Waals surface area (Å²) in [5.74, 6) is -1.13. The molecule has 3 heterocycles. The normalized spacial score (nSPS) is 11.0. The summed E-state index contributed by atoms with van der Waals surface area (Å²) in [7, 11) is 0. The van der Waals surface area contributed by atoms with Crippen molar-refractivity contribution in [1.82, 2.24) is 9.97 Å². The number of hydrogen-bond acceptors (Lipinski definition) is 4. The minimum atomic E-state index is -0.605. The zero-order chi connectivity index (χ0) is 20.5. The maximum Gasteiger partial charge on any atom is 0.173 e. The molecule has 0 radical (unpaired) electrons. The van der Waals surface area contributed by atoms with Gasteiger partial charge in [-0.3, -0.25) is 4.98 Å². The van der Waals surface area contributed by atoms with Gasteiger partial charge >= 0.3 is 0 Å². The van der Waals surface area contributed by atoms with Crippen molar-refractivity contribution in [2.24, 2.45) is 0 Å². The van der Waals surface area contributed by atoms with Crippen LogP contribution in [0.25, 0.3) is 33.3 Å². The lowest BCUT2D eigenvalue weighted by Gasteiger charge is -2.16. The van der Waals surface area contributed by atoms with Gasteiger partial charge in [-0.25, -0.2) is 13.8 Å². The number of benzene rings is 2. The summed E-state index contributed by atoms with van der Waals surface area (Å²) in [6, 6.07) is 17.2. The second-order valence-electron chi connectivity index (χ2n) is 6.70. The largest absolute Gasteiger partial charge is 0.352 e. The van der Waals surface area contributed by atoms with Gasteiger partial charge in [0.25, 0.3) is 0 Å². The van der Waals surface area contributed by atoms with Crippen LogP contribution in [0.15, 0.2) is 83.8 Å². The van der Waals surface area contributed by atoms with E-state index in [1.54, 1.807) is 48.0 Å². The topological polar surface area (TPSA) is 37.8 Å². The lowest BCUT2D eigenvalue weighted by molar-refractivity contribution is 0.615. The first-order valence-corrected chi connectivity index (χ1v) is 10.2. The quantitative estimate of drug-likeness (QED) is 0.342. The Morgan fingerprint density at radius 2 is 1.63 bits per heavy atom. The highest BCUT2D eigenvalue weighted by atomic mass is 32.1. The lowest BCUT2D eigenvalue weighted by Crippen LogP contribution is -2.02. The van der Waals surface area contributed by atoms with Crippen molar-refractivity contribution in [3.8, 4) is 22.4 Å². The number of aromatic nitrogens is 2. The van der Waals surface area contributed by atoms with Gasteiger partial charge in [-0.05, 0) is 46.7 Å². The van der Waals surface area contributed by atoms with E-state index in [2.05, 4.69) is 15.3 Å². The molecule has 0 saturated heterocycles. The van der Waals surface area contributed by atoms with Gasteiger partial charge in [-0.1, -0.05) is 30.3 Å². The van der Waals surface area contributed by atoms with Crippen LogP contribution in [0.5, 0.6) is 0 Å². The van der Waals surface area contributed by atoms with Crippen LogP contribution in [-0.4, -0.2) is 9.97 Å². The number of fused-ring (bicyclic) bond motifs is 1. The fourth-order valence-corrected chi connectivity index (χ4v) is 4.10. The minimum Gasteiger partial charge on any atom is -0.352 e. The Morgan fingerprint density at radius 3 is 2.40 bits per heavy atom. The second-order valence-corrected chi connectivity index (χ2v) is 7.48. The van der Waals surface area contributed by atoms with Gasteiger partial charge in [0.2, 0.25) is 0 Å². The third-order valence-corrected chi connectivity index (χ3v) is 5.55. The van der Waals surface area contributed by atoms with E-state index >= 15 is 4.39 Å². The van der Waals surface area contributed by atoms with Crippen LogP contribution >= 0.6 is 11.3 Å². The molecule has 0 spiro atoms. The van der Waals surface area contributed by atoms with E-state index in [0.717, 1.165) is 11.1 Å². The van der Waals surface area contributed by atoms with Crippen molar-refractivity contribution in [2.45, 2.75) is 0 Å². The molecule has 5 aromatic rings. The second kappa shape index (κ2) is 7.65. The standard InChI is InChI=1S/C24H15F2N3S/c25-20-7-2-1-4-18(20)23-21(26)24(28-16-8-11-27-12-9-16)19-6-3-5-17(22(19)29-23)15-10-13-30-14-15/h1-14H,(H,27,28,29). The van der Waals surface area contributed by atoms with Crippen LogP contribution in [-0.2, 0) is 0 Å². The number of thiophene rings is 1. The Bertz CT molecular complexity index is 1340. The summed E-state index contributed by atoms with van der Waals surface area (Å²) in [5, 5.41) is 7.75. The van der Waals surface area contributed by atoms with Crippen LogP contribution in [0.4, 0.5) is 20.2 Å². The Labute approximate surface area is 175 Å². The number of nitrogens with zero attached hydrogens (tertiary/aromatic N) is 2. The van der Waals surface area contributed by atoms with E-state index in [4.69, 9.17) is 0 Å². The number of nitrogens with one attached hydrogen (secondary N) is 1. The van der Waals surface area contributed by atoms with Crippen molar-refractivity contribution in [3.63, 3.8) is 0 Å². The molecule has 0 aliphatic heterocycles. The van der Waals surface area contributed by atoms with Crippen molar-refractivity contribution >= 4 is 33.6 Å². The summed E-state index contributed by atoms with van der Waals surface area (Å²) in [6.07, 6.45) is 3.25. The molecule has 0 unspecified atom stereocenters. The molecule has 3 nitrogen and oxygen atoms in total. The van der Waals surface area contributed by atoms with E-state index in [1.165, 1.54) is 12.1 Å². The fraction of sp³-hybridized carbons (Fsp3) is 0. The van der Waals surface area contributed by atoms with Crippen molar-refractivity contribution < 1.29 is 8.78 Å². The van der Waals surface area contributed by atoms with Gasteiger partial charge in [0.15, 0.2) is 5.82 Å². The number of hydrogen-bond donors (Lipinski definition) is 1. The number of pyridine rings is 2. The number of halogens is 2. The zero-order valence-corrected chi connectivity index (χ0v) is 16.5. The third kappa shape index (κ3) is 3.21. The van der Waals surface area contributed by atoms with E-state index in [1.807, 2.05) is 35.0 Å². The predicted molar refractivity (Wildman–Crippen MR) is 118 cm³/mol. The molecule has 146 valence electrons. The average Bonchev–Trinajstić information content (AvgIpc) is 3.31. The molecular weight excluding hydrogens is 400 g/mol. The molecule has 0 atom stereocenters. The number of rotatable bonds is 4. The van der Waals surface area contributed by atoms with Crippen LogP contribution in [0.2, 0.25) is 0 Å². The van der Waals surface area contributed by atoms with Crippen molar-refractivity contribution in [1.29, 1.82) is 0 Å². The van der Waals surface area contributed by atoms with Crippen LogP contribution < -0.4 is 5.32 Å². The Kier molecular flexibility index (Phi) is 4.69. The molecule has 0 bridgehead atoms. The van der Waals surface area contributed by atoms with Gasteiger partial charge in [0.05, 0.1) is 11.2 Å². The van der Waals surface area contributed by atoms with Crippen LogP contribution in [0.3, 0.4) is 0 Å². The molecule has 6 heteroatoms. The molecule has 0 saturated carbocycles. The first kappa shape index (κ1) is 18.4. The Hall–Kier alpha value is -3.64. The summed E-state index contributed by atoms with van der Waals surface area (Å²) < 4.78 is 30.3. The van der Waals surface area contributed by atoms with Gasteiger partial charge in [-0.15, -0.1) is 0 Å². The maximum absolute atomic E-state index is 15.7. The molecule has 0 aliphatic carbocycles. The highest BCUT2D eigenvalue weighted by Gasteiger charge is 2.21. The predicted octanol–water partition coefficient (Wildman–Crippen LogP) is 7.05. The van der Waals surface area contributed by atoms with Crippen LogP contribution in [0, 0.1) is 11.6 Å². The van der Waals surface area contributed by atoms with Gasteiger partial charge < -0.3 is 5.32 Å². The van der Waals surface area contributed by atoms with E-state index < -0.39 is 11.6 Å². The maximum atomic E-state index is 15.7. The fourth-order valence-electron chi connectivity index (χ4n) is 3.45. The zero-order valence-electron chi connectivity index (χ0n) is 15.6. The lowest BCUT2D eigenvalue weighted by atomic mass is 10.0. The Balaban J connectivity index is 1.83. The molecule has 0 fully saturated rings. The first-order chi connectivity index (χ1) is 14.7. The summed E-state index contributed by atoms with van der Waals surface area (Å²) >= 11 is 1.57. The molecule has 0 amide bonds. The van der Waals surface area contributed by atoms with Crippen molar-refractivity contribution in [3.05, 3.63) is 95.5 Å². The van der Waals surface area contributed by atoms with Crippen molar-refractivity contribution in [2.75, 3.05) is 5.32 Å². The summed E-state index contributed by atoms with van der Waals surface area (Å²) in [5.41, 5.74) is 3.48. The number of para-hydroxylation sites is 1. The number of anilines is 2. The SMILES string of the molecule is Fc1ccccc1-c1nc2c(-c3ccsc3)cccc2c(Nc2ccncc2)c1F. The molecule has 30 heavy (non-hydrogen) atoms. The van der Waals surface area contributed by atoms with Gasteiger partial charge in [0.1, 0.15) is 11.5 Å². The minimum absolute atomic E-state index is 0.0279. The van der Waals surface area contributed by atoms with Gasteiger partial charge in [-0.2, -0.15) is 11.3 Å². The van der Waals surface area contributed by atoms with Gasteiger partial charge in [0, 0.05) is 34.6 Å². The molecule has 0 aliphatic rings. The summed E-state index contributed by atoms with van der Waals surface area (Å²) in [6.45, 7) is 0. The molecule has 3 aromatic heterocycles. The van der Waals surface area contributed by atoms with E-state index in [0.29, 0.717) is 16.6 Å². The van der Waals surface area contributed by atoms with E-state index in [9.17, 15) is 4.39 Å².